The molecule has 0 heterocycles. The van der Waals surface area contributed by atoms with Crippen molar-refractivity contribution in [2.45, 2.75) is 64.8 Å². The Labute approximate surface area is 119 Å². The molecule has 0 fully saturated rings. The zero-order chi connectivity index (χ0) is 14.4. The van der Waals surface area contributed by atoms with E-state index in [1.165, 1.54) is 0 Å². The summed E-state index contributed by atoms with van der Waals surface area (Å²) < 4.78 is 28.3. The average Bonchev–Trinajstić information content (AvgIpc) is 2.43. The van der Waals surface area contributed by atoms with Gasteiger partial charge in [-0.1, -0.05) is 40.0 Å². The highest BCUT2D eigenvalue weighted by Gasteiger charge is 2.33. The van der Waals surface area contributed by atoms with E-state index >= 15 is 0 Å². The first-order valence-corrected chi connectivity index (χ1v) is 8.26. The molecule has 0 aromatic heterocycles. The van der Waals surface area contributed by atoms with Crippen molar-refractivity contribution in [3.05, 3.63) is 0 Å². The highest BCUT2D eigenvalue weighted by atomic mass is 31.1. The van der Waals surface area contributed by atoms with Crippen molar-refractivity contribution in [1.82, 2.24) is 0 Å². The molecule has 0 aromatic carbocycles. The molecule has 0 aliphatic rings. The Balaban J connectivity index is 4.24. The Kier molecular flexibility index (Phi) is 13.0. The van der Waals surface area contributed by atoms with Crippen LogP contribution in [0.25, 0.3) is 0 Å². The molecule has 0 spiro atoms. The fourth-order valence-electron chi connectivity index (χ4n) is 1.40. The van der Waals surface area contributed by atoms with E-state index in [9.17, 15) is 4.57 Å². The lowest BCUT2D eigenvalue weighted by molar-refractivity contribution is -0.204. The number of rotatable bonds is 14. The molecule has 0 aliphatic heterocycles. The van der Waals surface area contributed by atoms with Crippen LogP contribution in [0.1, 0.15) is 59.3 Å². The quantitative estimate of drug-likeness (QED) is 0.271. The summed E-state index contributed by atoms with van der Waals surface area (Å²) in [4.78, 5) is 0. The molecule has 0 aromatic rings. The van der Waals surface area contributed by atoms with E-state index in [0.29, 0.717) is 19.8 Å². The lowest BCUT2D eigenvalue weighted by Gasteiger charge is -2.27. The second kappa shape index (κ2) is 13.0. The summed E-state index contributed by atoms with van der Waals surface area (Å²) in [6, 6.07) is 0. The van der Waals surface area contributed by atoms with Crippen molar-refractivity contribution in [3.8, 4) is 0 Å². The van der Waals surface area contributed by atoms with E-state index in [4.69, 9.17) is 14.2 Å². The number of unbranched alkanes of at least 4 members (excludes halogenated alkanes) is 3. The molecule has 0 unspecified atom stereocenters. The molecule has 0 N–H and O–H groups in total. The van der Waals surface area contributed by atoms with Crippen LogP contribution >= 0.6 is 8.46 Å². The third-order valence-electron chi connectivity index (χ3n) is 2.72. The molecule has 4 nitrogen and oxygen atoms in total. The summed E-state index contributed by atoms with van der Waals surface area (Å²) in [7, 11) is -0.154. The summed E-state index contributed by atoms with van der Waals surface area (Å²) in [6.45, 7) is 8.28. The predicted octanol–water partition coefficient (Wildman–Crippen LogP) is 4.38. The smallest absolute Gasteiger partial charge is 0.275 e. The van der Waals surface area contributed by atoms with Crippen LogP contribution in [0.4, 0.5) is 0 Å². The third kappa shape index (κ3) is 9.50. The number of hydrogen-bond donors (Lipinski definition) is 0. The molecule has 0 amide bonds. The highest BCUT2D eigenvalue weighted by Crippen LogP contribution is 2.28. The first kappa shape index (κ1) is 19.0. The van der Waals surface area contributed by atoms with Gasteiger partial charge in [-0.15, -0.1) is 0 Å². The first-order chi connectivity index (χ1) is 9.24. The van der Waals surface area contributed by atoms with Gasteiger partial charge in [0, 0.05) is 6.61 Å². The molecule has 0 saturated carbocycles. The minimum Gasteiger partial charge on any atom is -0.375 e. The molecule has 0 atom stereocenters. The number of hydrogen-bond acceptors (Lipinski definition) is 4. The average molecular weight is 292 g/mol. The van der Waals surface area contributed by atoms with Gasteiger partial charge in [0.1, 0.15) is 6.61 Å². The third-order valence-corrected chi connectivity index (χ3v) is 3.38. The maximum Gasteiger partial charge on any atom is 0.275 e. The van der Waals surface area contributed by atoms with Gasteiger partial charge in [-0.3, -0.25) is 4.57 Å². The van der Waals surface area contributed by atoms with E-state index in [1.54, 1.807) is 0 Å². The summed E-state index contributed by atoms with van der Waals surface area (Å²) in [5, 5.41) is 0. The van der Waals surface area contributed by atoms with Crippen molar-refractivity contribution in [1.29, 1.82) is 0 Å². The molecule has 0 saturated heterocycles. The van der Waals surface area contributed by atoms with Gasteiger partial charge in [-0.25, -0.2) is 0 Å². The fourth-order valence-corrected chi connectivity index (χ4v) is 1.84. The van der Waals surface area contributed by atoms with Crippen LogP contribution in [-0.4, -0.2) is 32.0 Å². The Morgan fingerprint density at radius 2 is 1.32 bits per heavy atom. The SMILES string of the molecule is CCCCOCC(OCCCC)(OCCCC)P=O. The van der Waals surface area contributed by atoms with Crippen LogP contribution < -0.4 is 0 Å². The van der Waals surface area contributed by atoms with Crippen molar-refractivity contribution < 1.29 is 18.8 Å². The molecule has 0 rings (SSSR count). The van der Waals surface area contributed by atoms with Gasteiger partial charge < -0.3 is 14.2 Å². The Hall–Kier alpha value is -0.0200. The molecule has 0 radical (unpaired) electrons. The van der Waals surface area contributed by atoms with Crippen LogP contribution in [0.15, 0.2) is 0 Å². The minimum absolute atomic E-state index is 0.154. The molecule has 114 valence electrons. The topological polar surface area (TPSA) is 44.8 Å². The van der Waals surface area contributed by atoms with Crippen molar-refractivity contribution in [3.63, 3.8) is 0 Å². The van der Waals surface area contributed by atoms with Crippen LogP contribution in [0, 0.1) is 0 Å². The fraction of sp³-hybridized carbons (Fsp3) is 1.00. The van der Waals surface area contributed by atoms with E-state index in [0.717, 1.165) is 38.5 Å². The van der Waals surface area contributed by atoms with Gasteiger partial charge in [-0.2, -0.15) is 0 Å². The lowest BCUT2D eigenvalue weighted by atomic mass is 10.3. The number of ether oxygens (including phenoxy) is 3. The molecular weight excluding hydrogens is 263 g/mol. The molecular formula is C14H29O4P. The van der Waals surface area contributed by atoms with Crippen LogP contribution in [0.3, 0.4) is 0 Å². The van der Waals surface area contributed by atoms with Gasteiger partial charge >= 0.3 is 0 Å². The highest BCUT2D eigenvalue weighted by molar-refractivity contribution is 7.25. The Bertz CT molecular complexity index is 202. The Morgan fingerprint density at radius 1 is 0.842 bits per heavy atom. The van der Waals surface area contributed by atoms with Crippen LogP contribution in [-0.2, 0) is 18.8 Å². The van der Waals surface area contributed by atoms with Crippen LogP contribution in [0.2, 0.25) is 0 Å². The largest absolute Gasteiger partial charge is 0.375 e. The van der Waals surface area contributed by atoms with E-state index in [1.807, 2.05) is 0 Å². The van der Waals surface area contributed by atoms with Gasteiger partial charge in [0.2, 0.25) is 8.46 Å². The van der Waals surface area contributed by atoms with Crippen LogP contribution in [0.5, 0.6) is 0 Å². The van der Waals surface area contributed by atoms with Crippen molar-refractivity contribution >= 4 is 8.46 Å². The van der Waals surface area contributed by atoms with E-state index in [-0.39, 0.29) is 15.1 Å². The van der Waals surface area contributed by atoms with Crippen molar-refractivity contribution in [2.24, 2.45) is 0 Å². The van der Waals surface area contributed by atoms with Gasteiger partial charge in [0.15, 0.2) is 0 Å². The Morgan fingerprint density at radius 3 is 1.74 bits per heavy atom. The summed E-state index contributed by atoms with van der Waals surface area (Å²) in [6.07, 6.45) is 6.02. The van der Waals surface area contributed by atoms with Gasteiger partial charge in [-0.05, 0) is 19.3 Å². The molecule has 5 heteroatoms. The van der Waals surface area contributed by atoms with Crippen molar-refractivity contribution in [2.75, 3.05) is 26.4 Å². The monoisotopic (exact) mass is 292 g/mol. The predicted molar refractivity (Wildman–Crippen MR) is 77.8 cm³/mol. The van der Waals surface area contributed by atoms with Gasteiger partial charge in [0.05, 0.1) is 13.2 Å². The summed E-state index contributed by atoms with van der Waals surface area (Å²) >= 11 is 0. The molecule has 0 bridgehead atoms. The maximum absolute atomic E-state index is 11.4. The lowest BCUT2D eigenvalue weighted by Crippen LogP contribution is -2.36. The zero-order valence-electron chi connectivity index (χ0n) is 12.7. The summed E-state index contributed by atoms with van der Waals surface area (Å²) in [5.74, 6) is 0. The zero-order valence-corrected chi connectivity index (χ0v) is 13.5. The molecule has 19 heavy (non-hydrogen) atoms. The first-order valence-electron chi connectivity index (χ1n) is 7.44. The van der Waals surface area contributed by atoms with E-state index in [2.05, 4.69) is 20.8 Å². The second-order valence-corrected chi connectivity index (χ2v) is 5.48. The second-order valence-electron chi connectivity index (χ2n) is 4.61. The standard InChI is InChI=1S/C14H29O4P/c1-4-7-10-16-13-14(19-15,17-11-8-5-2)18-12-9-6-3/h4-13H2,1-3H3. The normalized spacial score (nSPS) is 12.2. The minimum atomic E-state index is -1.11. The van der Waals surface area contributed by atoms with Gasteiger partial charge in [0.25, 0.3) is 5.53 Å². The maximum atomic E-state index is 11.4. The van der Waals surface area contributed by atoms with E-state index < -0.39 is 5.53 Å². The summed E-state index contributed by atoms with van der Waals surface area (Å²) in [5.41, 5.74) is -1.11. The molecule has 0 aliphatic carbocycles.